The summed E-state index contributed by atoms with van der Waals surface area (Å²) in [5.41, 5.74) is -0.209. The summed E-state index contributed by atoms with van der Waals surface area (Å²) in [6.07, 6.45) is -2.62. The Hall–Kier alpha value is -0.710. The normalized spacial score (nSPS) is 14.9. The fourth-order valence-corrected chi connectivity index (χ4v) is 0.874. The molecule has 0 atom stereocenters. The van der Waals surface area contributed by atoms with Crippen LogP contribution in [0.1, 0.15) is 9.81 Å². The average molecular weight is 255 g/mol. The summed E-state index contributed by atoms with van der Waals surface area (Å²) in [5.74, 6) is -0.130. The zero-order chi connectivity index (χ0) is 12.3. The monoisotopic (exact) mass is 254 g/mol. The van der Waals surface area contributed by atoms with Gasteiger partial charge in [-0.25, -0.2) is 13.8 Å². The third kappa shape index (κ3) is 3.26. The SMILES string of the molecule is [2H]C([2H])([2H])c1nc(OCC(F)F)ccc1Br. The van der Waals surface area contributed by atoms with Gasteiger partial charge in [0, 0.05) is 14.7 Å². The Labute approximate surface area is 87.3 Å². The lowest BCUT2D eigenvalue weighted by atomic mass is 10.4. The molecule has 0 fully saturated rings. The fraction of sp³-hybridized carbons (Fsp3) is 0.375. The quantitative estimate of drug-likeness (QED) is 0.828. The number of rotatable bonds is 3. The van der Waals surface area contributed by atoms with Crippen molar-refractivity contribution >= 4 is 15.9 Å². The largest absolute Gasteiger partial charge is 0.472 e. The highest BCUT2D eigenvalue weighted by Gasteiger charge is 2.05. The lowest BCUT2D eigenvalue weighted by Gasteiger charge is -2.05. The average Bonchev–Trinajstić information content (AvgIpc) is 2.14. The van der Waals surface area contributed by atoms with E-state index < -0.39 is 19.9 Å². The van der Waals surface area contributed by atoms with Crippen LogP contribution in [0.4, 0.5) is 8.78 Å². The second kappa shape index (κ2) is 4.50. The van der Waals surface area contributed by atoms with Crippen molar-refractivity contribution in [1.29, 1.82) is 0 Å². The molecule has 1 aromatic rings. The highest BCUT2D eigenvalue weighted by atomic mass is 79.9. The Bertz CT molecular complexity index is 373. The standard InChI is InChI=1S/C8H8BrF2NO/c1-5-6(9)2-3-8(12-5)13-4-7(10)11/h2-3,7H,4H2,1H3/i1D3. The van der Waals surface area contributed by atoms with Crippen molar-refractivity contribution in [2.75, 3.05) is 6.61 Å². The van der Waals surface area contributed by atoms with Gasteiger partial charge in [-0.1, -0.05) is 0 Å². The number of aromatic nitrogens is 1. The van der Waals surface area contributed by atoms with Crippen molar-refractivity contribution in [2.45, 2.75) is 13.3 Å². The summed E-state index contributed by atoms with van der Waals surface area (Å²) in [7, 11) is 0. The molecule has 5 heteroatoms. The molecule has 0 bridgehead atoms. The smallest absolute Gasteiger partial charge is 0.272 e. The van der Waals surface area contributed by atoms with E-state index in [1.807, 2.05) is 0 Å². The molecule has 0 N–H and O–H groups in total. The maximum Gasteiger partial charge on any atom is 0.272 e. The van der Waals surface area contributed by atoms with Crippen LogP contribution in [-0.2, 0) is 0 Å². The van der Waals surface area contributed by atoms with Crippen molar-refractivity contribution in [2.24, 2.45) is 0 Å². The van der Waals surface area contributed by atoms with Gasteiger partial charge in [0.2, 0.25) is 5.88 Å². The van der Waals surface area contributed by atoms with E-state index in [1.165, 1.54) is 12.1 Å². The molecule has 0 unspecified atom stereocenters. The molecular weight excluding hydrogens is 244 g/mol. The number of hydrogen-bond acceptors (Lipinski definition) is 2. The van der Waals surface area contributed by atoms with Crippen LogP contribution >= 0.6 is 15.9 Å². The first-order valence-electron chi connectivity index (χ1n) is 4.88. The Kier molecular flexibility index (Phi) is 2.32. The summed E-state index contributed by atoms with van der Waals surface area (Å²) in [5, 5.41) is 0. The zero-order valence-corrected chi connectivity index (χ0v) is 8.01. The van der Waals surface area contributed by atoms with E-state index >= 15 is 0 Å². The molecule has 0 saturated heterocycles. The Morgan fingerprint density at radius 3 is 3.08 bits per heavy atom. The highest BCUT2D eigenvalue weighted by molar-refractivity contribution is 9.10. The molecule has 0 aliphatic rings. The van der Waals surface area contributed by atoms with Crippen molar-refractivity contribution in [3.63, 3.8) is 0 Å². The molecule has 2 nitrogen and oxygen atoms in total. The molecule has 0 aliphatic carbocycles. The van der Waals surface area contributed by atoms with Crippen LogP contribution in [-0.4, -0.2) is 18.0 Å². The van der Waals surface area contributed by atoms with Gasteiger partial charge in [0.05, 0.1) is 5.69 Å². The molecule has 1 heterocycles. The Morgan fingerprint density at radius 2 is 2.46 bits per heavy atom. The van der Waals surface area contributed by atoms with Crippen LogP contribution < -0.4 is 4.74 Å². The molecule has 1 aromatic heterocycles. The van der Waals surface area contributed by atoms with Crippen molar-refractivity contribution in [1.82, 2.24) is 4.98 Å². The number of hydrogen-bond donors (Lipinski definition) is 0. The topological polar surface area (TPSA) is 22.1 Å². The predicted octanol–water partition coefficient (Wildman–Crippen LogP) is 2.80. The van der Waals surface area contributed by atoms with E-state index in [0.29, 0.717) is 0 Å². The maximum absolute atomic E-state index is 11.9. The van der Waals surface area contributed by atoms with Crippen LogP contribution in [0, 0.1) is 6.85 Å². The van der Waals surface area contributed by atoms with Gasteiger partial charge >= 0.3 is 0 Å². The second-order valence-corrected chi connectivity index (χ2v) is 3.04. The molecule has 0 saturated carbocycles. The van der Waals surface area contributed by atoms with Gasteiger partial charge in [-0.15, -0.1) is 0 Å². The molecule has 1 rings (SSSR count). The summed E-state index contributed by atoms with van der Waals surface area (Å²) in [6.45, 7) is -3.22. The third-order valence-electron chi connectivity index (χ3n) is 1.18. The van der Waals surface area contributed by atoms with E-state index in [0.717, 1.165) is 0 Å². The Balaban J connectivity index is 2.90. The minimum absolute atomic E-state index is 0.130. The van der Waals surface area contributed by atoms with Crippen LogP contribution in [0.3, 0.4) is 0 Å². The van der Waals surface area contributed by atoms with Gasteiger partial charge in [0.1, 0.15) is 0 Å². The molecule has 0 aliphatic heterocycles. The summed E-state index contributed by atoms with van der Waals surface area (Å²) >= 11 is 3.02. The number of nitrogens with zero attached hydrogens (tertiary/aromatic N) is 1. The summed E-state index contributed by atoms with van der Waals surface area (Å²) < 4.78 is 50.1. The van der Waals surface area contributed by atoms with E-state index in [-0.39, 0.29) is 16.0 Å². The molecule has 0 radical (unpaired) electrons. The minimum atomic E-state index is -2.62. The summed E-state index contributed by atoms with van der Waals surface area (Å²) in [6, 6.07) is 2.72. The Morgan fingerprint density at radius 1 is 1.69 bits per heavy atom. The molecular formula is C8H8BrF2NO. The first-order chi connectivity index (χ1) is 7.30. The van der Waals surface area contributed by atoms with Crippen molar-refractivity contribution in [3.8, 4) is 5.88 Å². The van der Waals surface area contributed by atoms with Gasteiger partial charge in [-0.05, 0) is 28.8 Å². The zero-order valence-electron chi connectivity index (χ0n) is 9.43. The van der Waals surface area contributed by atoms with Crippen LogP contribution in [0.2, 0.25) is 0 Å². The highest BCUT2D eigenvalue weighted by Crippen LogP contribution is 2.17. The van der Waals surface area contributed by atoms with E-state index in [1.54, 1.807) is 0 Å². The van der Waals surface area contributed by atoms with Gasteiger partial charge in [-0.3, -0.25) is 0 Å². The fourth-order valence-electron chi connectivity index (χ4n) is 0.653. The molecule has 0 aromatic carbocycles. The molecule has 0 spiro atoms. The minimum Gasteiger partial charge on any atom is -0.472 e. The maximum atomic E-state index is 11.9. The molecule has 13 heavy (non-hydrogen) atoms. The number of alkyl halides is 2. The first-order valence-corrected chi connectivity index (χ1v) is 4.18. The number of halogens is 3. The number of ether oxygens (including phenoxy) is 1. The van der Waals surface area contributed by atoms with E-state index in [9.17, 15) is 8.78 Å². The predicted molar refractivity (Wildman–Crippen MR) is 48.2 cm³/mol. The number of pyridine rings is 1. The third-order valence-corrected chi connectivity index (χ3v) is 1.82. The van der Waals surface area contributed by atoms with Gasteiger partial charge < -0.3 is 4.74 Å². The molecule has 0 amide bonds. The van der Waals surface area contributed by atoms with Crippen molar-refractivity contribution in [3.05, 3.63) is 22.3 Å². The summed E-state index contributed by atoms with van der Waals surface area (Å²) in [4.78, 5) is 3.65. The first kappa shape index (κ1) is 6.70. The van der Waals surface area contributed by atoms with Crippen LogP contribution in [0.15, 0.2) is 16.6 Å². The van der Waals surface area contributed by atoms with Crippen LogP contribution in [0.5, 0.6) is 5.88 Å². The van der Waals surface area contributed by atoms with Gasteiger partial charge in [0.25, 0.3) is 6.43 Å². The van der Waals surface area contributed by atoms with E-state index in [4.69, 9.17) is 4.11 Å². The lowest BCUT2D eigenvalue weighted by molar-refractivity contribution is 0.0795. The second-order valence-electron chi connectivity index (χ2n) is 2.18. The molecule has 72 valence electrons. The lowest BCUT2D eigenvalue weighted by Crippen LogP contribution is -2.08. The van der Waals surface area contributed by atoms with Gasteiger partial charge in [-0.2, -0.15) is 0 Å². The van der Waals surface area contributed by atoms with Gasteiger partial charge in [0.15, 0.2) is 6.61 Å². The number of aryl methyl sites for hydroxylation is 1. The van der Waals surface area contributed by atoms with Crippen molar-refractivity contribution < 1.29 is 17.6 Å². The van der Waals surface area contributed by atoms with Crippen LogP contribution in [0.25, 0.3) is 0 Å². The van der Waals surface area contributed by atoms with E-state index in [2.05, 4.69) is 25.7 Å².